The van der Waals surface area contributed by atoms with Crippen LogP contribution in [0.1, 0.15) is 42.7 Å². The zero-order valence-corrected chi connectivity index (χ0v) is 14.2. The smallest absolute Gasteiger partial charge is 0.329 e. The van der Waals surface area contributed by atoms with E-state index in [0.717, 1.165) is 11.3 Å². The molecule has 0 bridgehead atoms. The summed E-state index contributed by atoms with van der Waals surface area (Å²) in [6.07, 6.45) is 1.02. The van der Waals surface area contributed by atoms with Crippen LogP contribution in [0.4, 0.5) is 0 Å². The van der Waals surface area contributed by atoms with E-state index >= 15 is 0 Å². The van der Waals surface area contributed by atoms with Crippen LogP contribution in [0.25, 0.3) is 11.3 Å². The topological polar surface area (TPSA) is 79.3 Å². The standard InChI is InChI=1S/C19H22N2O3/c1-4-12-19(3,18(23)24)21-17(22)15-10-11-16(20-13(15)2)14-8-6-5-7-9-14/h5-11H,4,12H2,1-3H3,(H,21,22)(H,23,24). The summed E-state index contributed by atoms with van der Waals surface area (Å²) in [7, 11) is 0. The number of nitrogens with one attached hydrogen (secondary N) is 1. The van der Waals surface area contributed by atoms with Crippen molar-refractivity contribution in [3.8, 4) is 11.3 Å². The molecule has 1 heterocycles. The minimum atomic E-state index is -1.28. The Balaban J connectivity index is 2.26. The van der Waals surface area contributed by atoms with Gasteiger partial charge in [0.2, 0.25) is 0 Å². The predicted molar refractivity (Wildman–Crippen MR) is 92.8 cm³/mol. The molecule has 1 aromatic heterocycles. The molecule has 2 rings (SSSR count). The van der Waals surface area contributed by atoms with Crippen LogP contribution in [0, 0.1) is 6.92 Å². The molecule has 5 nitrogen and oxygen atoms in total. The number of nitrogens with zero attached hydrogens (tertiary/aromatic N) is 1. The first-order valence-corrected chi connectivity index (χ1v) is 7.96. The van der Waals surface area contributed by atoms with Crippen molar-refractivity contribution in [3.05, 3.63) is 53.7 Å². The van der Waals surface area contributed by atoms with Gasteiger partial charge in [-0.15, -0.1) is 0 Å². The fourth-order valence-corrected chi connectivity index (χ4v) is 2.61. The fourth-order valence-electron chi connectivity index (χ4n) is 2.61. The van der Waals surface area contributed by atoms with Crippen molar-refractivity contribution in [3.63, 3.8) is 0 Å². The second-order valence-electron chi connectivity index (χ2n) is 6.04. The Morgan fingerprint density at radius 3 is 2.38 bits per heavy atom. The molecule has 0 aliphatic rings. The van der Waals surface area contributed by atoms with Crippen LogP contribution < -0.4 is 5.32 Å². The highest BCUT2D eigenvalue weighted by molar-refractivity contribution is 5.98. The number of carbonyl (C=O) groups excluding carboxylic acids is 1. The summed E-state index contributed by atoms with van der Waals surface area (Å²) in [5.74, 6) is -1.46. The van der Waals surface area contributed by atoms with Crippen LogP contribution in [-0.4, -0.2) is 27.5 Å². The van der Waals surface area contributed by atoms with Crippen molar-refractivity contribution in [1.29, 1.82) is 0 Å². The fraction of sp³-hybridized carbons (Fsp3) is 0.316. The summed E-state index contributed by atoms with van der Waals surface area (Å²) >= 11 is 0. The van der Waals surface area contributed by atoms with Gasteiger partial charge in [-0.2, -0.15) is 0 Å². The van der Waals surface area contributed by atoms with Gasteiger partial charge in [0.15, 0.2) is 0 Å². The van der Waals surface area contributed by atoms with Gasteiger partial charge < -0.3 is 10.4 Å². The number of carboxylic acids is 1. The lowest BCUT2D eigenvalue weighted by molar-refractivity contribution is -0.144. The first kappa shape index (κ1) is 17.7. The SMILES string of the molecule is CCCC(C)(NC(=O)c1ccc(-c2ccccc2)nc1C)C(=O)O. The molecule has 0 radical (unpaired) electrons. The molecular weight excluding hydrogens is 304 g/mol. The highest BCUT2D eigenvalue weighted by Crippen LogP contribution is 2.20. The Bertz CT molecular complexity index is 744. The quantitative estimate of drug-likeness (QED) is 0.852. The molecule has 1 amide bonds. The molecule has 0 fully saturated rings. The minimum absolute atomic E-state index is 0.364. The molecule has 2 aromatic rings. The average Bonchev–Trinajstić information content (AvgIpc) is 2.55. The van der Waals surface area contributed by atoms with Crippen LogP contribution in [0.3, 0.4) is 0 Å². The Morgan fingerprint density at radius 2 is 1.83 bits per heavy atom. The van der Waals surface area contributed by atoms with Gasteiger partial charge >= 0.3 is 5.97 Å². The number of aryl methyl sites for hydroxylation is 1. The van der Waals surface area contributed by atoms with Gasteiger partial charge in [0.25, 0.3) is 5.91 Å². The van der Waals surface area contributed by atoms with Gasteiger partial charge in [0.05, 0.1) is 17.0 Å². The van der Waals surface area contributed by atoms with Crippen molar-refractivity contribution >= 4 is 11.9 Å². The van der Waals surface area contributed by atoms with Crippen molar-refractivity contribution in [2.24, 2.45) is 0 Å². The zero-order chi connectivity index (χ0) is 17.7. The Kier molecular flexibility index (Phi) is 5.34. The van der Waals surface area contributed by atoms with E-state index in [2.05, 4.69) is 10.3 Å². The monoisotopic (exact) mass is 326 g/mol. The molecule has 0 saturated heterocycles. The van der Waals surface area contributed by atoms with E-state index in [1.807, 2.05) is 37.3 Å². The molecule has 24 heavy (non-hydrogen) atoms. The van der Waals surface area contributed by atoms with E-state index in [-0.39, 0.29) is 0 Å². The second-order valence-corrected chi connectivity index (χ2v) is 6.04. The van der Waals surface area contributed by atoms with Gasteiger partial charge in [-0.3, -0.25) is 9.78 Å². The molecule has 5 heteroatoms. The van der Waals surface area contributed by atoms with Crippen LogP contribution in [0.2, 0.25) is 0 Å². The van der Waals surface area contributed by atoms with E-state index in [0.29, 0.717) is 24.1 Å². The van der Waals surface area contributed by atoms with Crippen molar-refractivity contribution in [2.75, 3.05) is 0 Å². The number of aliphatic carboxylic acids is 1. The average molecular weight is 326 g/mol. The number of rotatable bonds is 6. The molecule has 2 N–H and O–H groups in total. The Hall–Kier alpha value is -2.69. The maximum Gasteiger partial charge on any atom is 0.329 e. The van der Waals surface area contributed by atoms with Gasteiger partial charge in [0, 0.05) is 5.56 Å². The molecule has 1 aromatic carbocycles. The maximum atomic E-state index is 12.5. The van der Waals surface area contributed by atoms with Crippen molar-refractivity contribution < 1.29 is 14.7 Å². The summed E-state index contributed by atoms with van der Waals surface area (Å²) in [5.41, 5.74) is 1.42. The molecular formula is C19H22N2O3. The molecule has 0 spiro atoms. The van der Waals surface area contributed by atoms with E-state index in [4.69, 9.17) is 0 Å². The number of hydrogen-bond donors (Lipinski definition) is 2. The van der Waals surface area contributed by atoms with Gasteiger partial charge in [-0.25, -0.2) is 4.79 Å². The number of carboxylic acid groups (broad SMARTS) is 1. The first-order valence-electron chi connectivity index (χ1n) is 7.96. The number of aromatic nitrogens is 1. The van der Waals surface area contributed by atoms with Crippen molar-refractivity contribution in [2.45, 2.75) is 39.2 Å². The number of amides is 1. The van der Waals surface area contributed by atoms with Gasteiger partial charge in [-0.05, 0) is 32.4 Å². The summed E-state index contributed by atoms with van der Waals surface area (Å²) in [6.45, 7) is 5.16. The van der Waals surface area contributed by atoms with E-state index in [1.165, 1.54) is 6.92 Å². The minimum Gasteiger partial charge on any atom is -0.480 e. The molecule has 0 saturated carbocycles. The number of pyridine rings is 1. The Morgan fingerprint density at radius 1 is 1.17 bits per heavy atom. The molecule has 0 aliphatic carbocycles. The number of benzene rings is 1. The molecule has 126 valence electrons. The molecule has 0 aliphatic heterocycles. The van der Waals surface area contributed by atoms with Crippen LogP contribution in [0.15, 0.2) is 42.5 Å². The van der Waals surface area contributed by atoms with E-state index in [1.54, 1.807) is 19.1 Å². The molecule has 1 atom stereocenters. The predicted octanol–water partition coefficient (Wildman–Crippen LogP) is 3.43. The van der Waals surface area contributed by atoms with Crippen LogP contribution in [-0.2, 0) is 4.79 Å². The number of carbonyl (C=O) groups is 2. The zero-order valence-electron chi connectivity index (χ0n) is 14.2. The third kappa shape index (κ3) is 3.79. The van der Waals surface area contributed by atoms with Crippen LogP contribution in [0.5, 0.6) is 0 Å². The summed E-state index contributed by atoms with van der Waals surface area (Å²) in [6, 6.07) is 13.1. The summed E-state index contributed by atoms with van der Waals surface area (Å²) < 4.78 is 0. The maximum absolute atomic E-state index is 12.5. The first-order chi connectivity index (χ1) is 11.4. The lowest BCUT2D eigenvalue weighted by Gasteiger charge is -2.26. The highest BCUT2D eigenvalue weighted by atomic mass is 16.4. The molecule has 1 unspecified atom stereocenters. The van der Waals surface area contributed by atoms with E-state index in [9.17, 15) is 14.7 Å². The Labute approximate surface area is 141 Å². The lowest BCUT2D eigenvalue weighted by Crippen LogP contribution is -2.52. The van der Waals surface area contributed by atoms with Crippen LogP contribution >= 0.6 is 0 Å². The highest BCUT2D eigenvalue weighted by Gasteiger charge is 2.34. The summed E-state index contributed by atoms with van der Waals surface area (Å²) in [4.78, 5) is 28.4. The van der Waals surface area contributed by atoms with Crippen molar-refractivity contribution in [1.82, 2.24) is 10.3 Å². The summed E-state index contributed by atoms with van der Waals surface area (Å²) in [5, 5.41) is 12.0. The third-order valence-corrected chi connectivity index (χ3v) is 4.01. The van der Waals surface area contributed by atoms with E-state index < -0.39 is 17.4 Å². The largest absolute Gasteiger partial charge is 0.480 e. The normalized spacial score (nSPS) is 13.1. The van der Waals surface area contributed by atoms with Gasteiger partial charge in [0.1, 0.15) is 5.54 Å². The third-order valence-electron chi connectivity index (χ3n) is 4.01. The van der Waals surface area contributed by atoms with Gasteiger partial charge in [-0.1, -0.05) is 43.7 Å². The number of hydrogen-bond acceptors (Lipinski definition) is 3. The second kappa shape index (κ2) is 7.25. The lowest BCUT2D eigenvalue weighted by atomic mass is 9.95.